The molecule has 2 saturated heterocycles. The normalized spacial score (nSPS) is 34.1. The van der Waals surface area contributed by atoms with Crippen LogP contribution in [0.25, 0.3) is 0 Å². The van der Waals surface area contributed by atoms with Crippen LogP contribution in [-0.4, -0.2) is 72.0 Å². The SMILES string of the molecule is C[C@@H]1CN(C2=C(Cl)C(=O)C(N3C[C@@H](C)O[C@@H](C)C3)=C(Cl)C2=O)C[C@H](C)O1. The molecule has 26 heavy (non-hydrogen) atoms. The van der Waals surface area contributed by atoms with E-state index in [2.05, 4.69) is 0 Å². The van der Waals surface area contributed by atoms with Crippen LogP contribution in [0.2, 0.25) is 0 Å². The Kier molecular flexibility index (Phi) is 5.68. The molecule has 6 nitrogen and oxygen atoms in total. The molecule has 0 aromatic carbocycles. The fraction of sp³-hybridized carbons (Fsp3) is 0.667. The molecule has 3 rings (SSSR count). The summed E-state index contributed by atoms with van der Waals surface area (Å²) in [6.45, 7) is 9.63. The first-order chi connectivity index (χ1) is 12.2. The third-order valence-corrected chi connectivity index (χ3v) is 5.42. The van der Waals surface area contributed by atoms with Crippen LogP contribution < -0.4 is 0 Å². The molecule has 1 aliphatic carbocycles. The van der Waals surface area contributed by atoms with E-state index in [-0.39, 0.29) is 45.9 Å². The quantitative estimate of drug-likeness (QED) is 0.660. The second-order valence-corrected chi connectivity index (χ2v) is 8.06. The van der Waals surface area contributed by atoms with Crippen LogP contribution >= 0.6 is 23.2 Å². The molecule has 8 heteroatoms. The summed E-state index contributed by atoms with van der Waals surface area (Å²) in [5, 5.41) is -0.134. The molecule has 0 N–H and O–H groups in total. The summed E-state index contributed by atoms with van der Waals surface area (Å²) in [6.07, 6.45) is -0.264. The van der Waals surface area contributed by atoms with E-state index >= 15 is 0 Å². The summed E-state index contributed by atoms with van der Waals surface area (Å²) >= 11 is 12.8. The van der Waals surface area contributed by atoms with E-state index in [1.54, 1.807) is 0 Å². The van der Waals surface area contributed by atoms with Crippen molar-refractivity contribution in [3.63, 3.8) is 0 Å². The number of carbonyl (C=O) groups is 2. The minimum Gasteiger partial charge on any atom is -0.372 e. The minimum atomic E-state index is -0.403. The monoisotopic (exact) mass is 402 g/mol. The fourth-order valence-electron chi connectivity index (χ4n) is 3.91. The van der Waals surface area contributed by atoms with Crippen molar-refractivity contribution < 1.29 is 19.1 Å². The Morgan fingerprint density at radius 2 is 0.962 bits per heavy atom. The van der Waals surface area contributed by atoms with Crippen LogP contribution in [0.15, 0.2) is 21.5 Å². The molecule has 144 valence electrons. The second-order valence-electron chi connectivity index (χ2n) is 7.31. The van der Waals surface area contributed by atoms with Gasteiger partial charge < -0.3 is 19.3 Å². The predicted molar refractivity (Wildman–Crippen MR) is 98.9 cm³/mol. The number of hydrogen-bond acceptors (Lipinski definition) is 6. The van der Waals surface area contributed by atoms with Crippen LogP contribution in [0.5, 0.6) is 0 Å². The molecule has 3 aliphatic rings. The summed E-state index contributed by atoms with van der Waals surface area (Å²) in [4.78, 5) is 29.6. The van der Waals surface area contributed by atoms with Crippen LogP contribution in [0, 0.1) is 0 Å². The first-order valence-electron chi connectivity index (χ1n) is 8.88. The summed E-state index contributed by atoms with van der Waals surface area (Å²) in [5.74, 6) is -0.807. The number of ketones is 2. The first kappa shape index (κ1) is 19.7. The second kappa shape index (κ2) is 7.50. The van der Waals surface area contributed by atoms with Crippen molar-refractivity contribution in [2.24, 2.45) is 0 Å². The van der Waals surface area contributed by atoms with Gasteiger partial charge in [0.25, 0.3) is 0 Å². The van der Waals surface area contributed by atoms with Gasteiger partial charge in [0.15, 0.2) is 0 Å². The fourth-order valence-corrected chi connectivity index (χ4v) is 4.50. The molecular weight excluding hydrogens is 379 g/mol. The molecule has 0 amide bonds. The summed E-state index contributed by atoms with van der Waals surface area (Å²) < 4.78 is 11.4. The zero-order valence-electron chi connectivity index (χ0n) is 15.4. The summed E-state index contributed by atoms with van der Waals surface area (Å²) in [5.41, 5.74) is 0.364. The van der Waals surface area contributed by atoms with Crippen molar-refractivity contribution in [1.82, 2.24) is 9.80 Å². The molecule has 0 aromatic heterocycles. The van der Waals surface area contributed by atoms with Crippen LogP contribution in [0.4, 0.5) is 0 Å². The highest BCUT2D eigenvalue weighted by atomic mass is 35.5. The number of halogens is 2. The van der Waals surface area contributed by atoms with Gasteiger partial charge in [0.05, 0.1) is 24.4 Å². The van der Waals surface area contributed by atoms with Gasteiger partial charge in [-0.25, -0.2) is 0 Å². The first-order valence-corrected chi connectivity index (χ1v) is 9.64. The lowest BCUT2D eigenvalue weighted by Crippen LogP contribution is -2.50. The Morgan fingerprint density at radius 3 is 1.23 bits per heavy atom. The predicted octanol–water partition coefficient (Wildman–Crippen LogP) is 2.26. The topological polar surface area (TPSA) is 59.1 Å². The lowest BCUT2D eigenvalue weighted by Gasteiger charge is -2.41. The van der Waals surface area contributed by atoms with Crippen molar-refractivity contribution in [2.75, 3.05) is 26.2 Å². The van der Waals surface area contributed by atoms with Gasteiger partial charge in [-0.05, 0) is 27.7 Å². The van der Waals surface area contributed by atoms with Crippen LogP contribution in [0.1, 0.15) is 27.7 Å². The molecule has 2 fully saturated rings. The van der Waals surface area contributed by atoms with Crippen molar-refractivity contribution >= 4 is 34.8 Å². The number of ether oxygens (including phenoxy) is 2. The van der Waals surface area contributed by atoms with E-state index in [9.17, 15) is 9.59 Å². The number of allylic oxidation sites excluding steroid dienone is 2. The summed E-state index contributed by atoms with van der Waals surface area (Å²) in [6, 6.07) is 0. The Hall–Kier alpha value is -1.08. The van der Waals surface area contributed by atoms with Gasteiger partial charge in [-0.2, -0.15) is 0 Å². The molecule has 0 saturated carbocycles. The van der Waals surface area contributed by atoms with Crippen molar-refractivity contribution in [2.45, 2.75) is 52.1 Å². The Labute approximate surface area is 163 Å². The van der Waals surface area contributed by atoms with E-state index in [4.69, 9.17) is 32.7 Å². The van der Waals surface area contributed by atoms with E-state index in [1.165, 1.54) is 0 Å². The lowest BCUT2D eigenvalue weighted by molar-refractivity contribution is -0.121. The standard InChI is InChI=1S/C18H24Cl2N2O4/c1-9-5-21(6-10(2)25-9)15-13(19)18(24)16(14(20)17(15)23)22-7-11(3)26-12(4)8-22/h9-12H,5-8H2,1-4H3/t9-,10+,11-,12+. The van der Waals surface area contributed by atoms with E-state index in [0.717, 1.165) is 0 Å². The molecule has 4 atom stereocenters. The highest BCUT2D eigenvalue weighted by molar-refractivity contribution is 6.55. The number of nitrogens with zero attached hydrogens (tertiary/aromatic N) is 2. The number of morpholine rings is 2. The molecule has 0 radical (unpaired) electrons. The lowest BCUT2D eigenvalue weighted by atomic mass is 10.0. The number of hydrogen-bond donors (Lipinski definition) is 0. The molecule has 0 bridgehead atoms. The maximum Gasteiger partial charge on any atom is 0.224 e. The smallest absolute Gasteiger partial charge is 0.224 e. The maximum absolute atomic E-state index is 13.0. The molecule has 0 unspecified atom stereocenters. The Balaban J connectivity index is 1.92. The Bertz CT molecular complexity index is 613. The largest absolute Gasteiger partial charge is 0.372 e. The zero-order valence-corrected chi connectivity index (χ0v) is 16.9. The van der Waals surface area contributed by atoms with Gasteiger partial charge in [-0.3, -0.25) is 9.59 Å². The molecule has 2 aliphatic heterocycles. The van der Waals surface area contributed by atoms with Gasteiger partial charge in [-0.1, -0.05) is 23.2 Å². The van der Waals surface area contributed by atoms with Crippen LogP contribution in [0.3, 0.4) is 0 Å². The maximum atomic E-state index is 13.0. The highest BCUT2D eigenvalue weighted by Gasteiger charge is 2.41. The van der Waals surface area contributed by atoms with Crippen molar-refractivity contribution in [3.05, 3.63) is 21.5 Å². The average Bonchev–Trinajstić information content (AvgIpc) is 2.51. The summed E-state index contributed by atoms with van der Waals surface area (Å²) in [7, 11) is 0. The van der Waals surface area contributed by atoms with Gasteiger partial charge in [0, 0.05) is 26.2 Å². The average molecular weight is 403 g/mol. The van der Waals surface area contributed by atoms with E-state index in [1.807, 2.05) is 37.5 Å². The van der Waals surface area contributed by atoms with Gasteiger partial charge >= 0.3 is 0 Å². The van der Waals surface area contributed by atoms with E-state index in [0.29, 0.717) is 26.2 Å². The number of carbonyl (C=O) groups excluding carboxylic acids is 2. The zero-order chi connectivity index (χ0) is 19.2. The minimum absolute atomic E-state index is 0.0660. The van der Waals surface area contributed by atoms with Crippen molar-refractivity contribution in [1.29, 1.82) is 0 Å². The molecule has 0 spiro atoms. The third-order valence-electron chi connectivity index (χ3n) is 4.72. The van der Waals surface area contributed by atoms with Crippen LogP contribution in [-0.2, 0) is 19.1 Å². The number of Topliss-reactive ketones (excluding diaryl/α,β-unsaturated/α-hetero) is 2. The third kappa shape index (κ3) is 3.65. The molecule has 0 aromatic rings. The Morgan fingerprint density at radius 1 is 0.692 bits per heavy atom. The van der Waals surface area contributed by atoms with Crippen molar-refractivity contribution in [3.8, 4) is 0 Å². The van der Waals surface area contributed by atoms with Gasteiger partial charge in [0.2, 0.25) is 11.6 Å². The number of rotatable bonds is 2. The van der Waals surface area contributed by atoms with Gasteiger partial charge in [-0.15, -0.1) is 0 Å². The highest BCUT2D eigenvalue weighted by Crippen LogP contribution is 2.35. The van der Waals surface area contributed by atoms with Gasteiger partial charge in [0.1, 0.15) is 21.5 Å². The van der Waals surface area contributed by atoms with E-state index < -0.39 is 11.6 Å². The molecular formula is C18H24Cl2N2O4. The molecule has 2 heterocycles.